The molecule has 120 valence electrons. The summed E-state index contributed by atoms with van der Waals surface area (Å²) >= 11 is 1.83. The van der Waals surface area contributed by atoms with E-state index in [1.54, 1.807) is 0 Å². The van der Waals surface area contributed by atoms with Crippen LogP contribution in [0.5, 0.6) is 0 Å². The van der Waals surface area contributed by atoms with Crippen molar-refractivity contribution in [3.05, 3.63) is 16.6 Å². The van der Waals surface area contributed by atoms with Gasteiger partial charge in [0.2, 0.25) is 0 Å². The van der Waals surface area contributed by atoms with Crippen LogP contribution in [-0.4, -0.2) is 18.1 Å². The second kappa shape index (κ2) is 8.89. The molecule has 3 atom stereocenters. The molecule has 1 N–H and O–H groups in total. The first-order valence-corrected chi connectivity index (χ1v) is 9.65. The summed E-state index contributed by atoms with van der Waals surface area (Å²) in [5, 5.41) is 3.70. The van der Waals surface area contributed by atoms with Crippen molar-refractivity contribution in [3.8, 4) is 0 Å². The maximum atomic E-state index is 4.26. The Morgan fingerprint density at radius 1 is 1.33 bits per heavy atom. The number of nitrogens with one attached hydrogen (secondary N) is 1. The Morgan fingerprint density at radius 2 is 2.19 bits per heavy atom. The Bertz CT molecular complexity index is 375. The molecular weight excluding hydrogens is 276 g/mol. The Kier molecular flexibility index (Phi) is 7.18. The van der Waals surface area contributed by atoms with Gasteiger partial charge in [-0.2, -0.15) is 0 Å². The average molecular weight is 309 g/mol. The Balaban J connectivity index is 1.89. The van der Waals surface area contributed by atoms with E-state index in [0.717, 1.165) is 30.2 Å². The molecule has 1 aliphatic rings. The molecule has 0 amide bonds. The van der Waals surface area contributed by atoms with Crippen molar-refractivity contribution in [2.75, 3.05) is 13.1 Å². The van der Waals surface area contributed by atoms with Crippen LogP contribution in [0, 0.1) is 23.7 Å². The van der Waals surface area contributed by atoms with Gasteiger partial charge in [-0.3, -0.25) is 4.98 Å². The summed E-state index contributed by atoms with van der Waals surface area (Å²) in [6, 6.07) is 0. The summed E-state index contributed by atoms with van der Waals surface area (Å²) in [7, 11) is 0. The van der Waals surface area contributed by atoms with Crippen molar-refractivity contribution in [2.24, 2.45) is 23.7 Å². The molecule has 2 nitrogen and oxygen atoms in total. The molecule has 1 aromatic heterocycles. The SMILES string of the molecule is CCCC1CCC(CNCC(C)C)C(Cc2cncs2)C1. The Labute approximate surface area is 134 Å². The third kappa shape index (κ3) is 5.71. The minimum atomic E-state index is 0.751. The first-order chi connectivity index (χ1) is 10.2. The molecule has 0 aliphatic heterocycles. The predicted octanol–water partition coefficient (Wildman–Crippen LogP) is 4.76. The minimum absolute atomic E-state index is 0.751. The maximum Gasteiger partial charge on any atom is 0.0794 e. The third-order valence-electron chi connectivity index (χ3n) is 4.85. The Morgan fingerprint density at radius 3 is 2.86 bits per heavy atom. The van der Waals surface area contributed by atoms with Crippen molar-refractivity contribution in [2.45, 2.75) is 59.3 Å². The number of aromatic nitrogens is 1. The summed E-state index contributed by atoms with van der Waals surface area (Å²) in [6.07, 6.45) is 10.4. The van der Waals surface area contributed by atoms with Crippen LogP contribution in [0.4, 0.5) is 0 Å². The molecular formula is C18H32N2S. The van der Waals surface area contributed by atoms with Crippen molar-refractivity contribution >= 4 is 11.3 Å². The van der Waals surface area contributed by atoms with Crippen LogP contribution < -0.4 is 5.32 Å². The second-order valence-corrected chi connectivity index (χ2v) is 8.18. The summed E-state index contributed by atoms with van der Waals surface area (Å²) in [5.74, 6) is 3.44. The van der Waals surface area contributed by atoms with Crippen molar-refractivity contribution < 1.29 is 0 Å². The summed E-state index contributed by atoms with van der Waals surface area (Å²) in [5.41, 5.74) is 1.98. The van der Waals surface area contributed by atoms with Crippen LogP contribution in [0.2, 0.25) is 0 Å². The highest BCUT2D eigenvalue weighted by molar-refractivity contribution is 7.09. The highest BCUT2D eigenvalue weighted by atomic mass is 32.1. The number of thiazole rings is 1. The zero-order valence-corrected chi connectivity index (χ0v) is 14.8. The molecule has 0 spiro atoms. The van der Waals surface area contributed by atoms with E-state index >= 15 is 0 Å². The van der Waals surface area contributed by atoms with Gasteiger partial charge in [0.25, 0.3) is 0 Å². The fourth-order valence-electron chi connectivity index (χ4n) is 3.77. The molecule has 2 rings (SSSR count). The van der Waals surface area contributed by atoms with E-state index in [1.807, 2.05) is 16.8 Å². The highest BCUT2D eigenvalue weighted by Crippen LogP contribution is 2.38. The standard InChI is InChI=1S/C18H32N2S/c1-4-5-15-6-7-16(11-19-10-14(2)3)17(8-15)9-18-12-20-13-21-18/h12-17,19H,4-11H2,1-3H3. The molecule has 3 heteroatoms. The molecule has 0 aromatic carbocycles. The lowest BCUT2D eigenvalue weighted by Gasteiger charge is -2.36. The van der Waals surface area contributed by atoms with Gasteiger partial charge in [-0.25, -0.2) is 0 Å². The third-order valence-corrected chi connectivity index (χ3v) is 5.65. The van der Waals surface area contributed by atoms with Gasteiger partial charge in [-0.1, -0.05) is 40.0 Å². The summed E-state index contributed by atoms with van der Waals surface area (Å²) in [6.45, 7) is 9.27. The molecule has 1 aromatic rings. The van der Waals surface area contributed by atoms with Gasteiger partial charge >= 0.3 is 0 Å². The van der Waals surface area contributed by atoms with Crippen molar-refractivity contribution in [3.63, 3.8) is 0 Å². The molecule has 1 saturated carbocycles. The minimum Gasteiger partial charge on any atom is -0.316 e. The molecule has 21 heavy (non-hydrogen) atoms. The Hall–Kier alpha value is -0.410. The quantitative estimate of drug-likeness (QED) is 0.748. The average Bonchev–Trinajstić information content (AvgIpc) is 2.94. The van der Waals surface area contributed by atoms with Crippen LogP contribution in [0.15, 0.2) is 11.7 Å². The summed E-state index contributed by atoms with van der Waals surface area (Å²) < 4.78 is 0. The zero-order chi connectivity index (χ0) is 15.1. The topological polar surface area (TPSA) is 24.9 Å². The van der Waals surface area contributed by atoms with Crippen molar-refractivity contribution in [1.29, 1.82) is 0 Å². The van der Waals surface area contributed by atoms with Crippen LogP contribution in [0.25, 0.3) is 0 Å². The van der Waals surface area contributed by atoms with Crippen molar-refractivity contribution in [1.82, 2.24) is 10.3 Å². The molecule has 1 fully saturated rings. The maximum absolute atomic E-state index is 4.26. The van der Waals surface area contributed by atoms with Crippen LogP contribution >= 0.6 is 11.3 Å². The lowest BCUT2D eigenvalue weighted by molar-refractivity contribution is 0.167. The van der Waals surface area contributed by atoms with Gasteiger partial charge in [-0.05, 0) is 56.0 Å². The zero-order valence-electron chi connectivity index (χ0n) is 14.0. The number of nitrogens with zero attached hydrogens (tertiary/aromatic N) is 1. The smallest absolute Gasteiger partial charge is 0.0794 e. The largest absolute Gasteiger partial charge is 0.316 e. The van der Waals surface area contributed by atoms with E-state index in [2.05, 4.69) is 37.3 Å². The molecule has 0 saturated heterocycles. The summed E-state index contributed by atoms with van der Waals surface area (Å²) in [4.78, 5) is 5.73. The van der Waals surface area contributed by atoms with Gasteiger partial charge in [0, 0.05) is 11.1 Å². The molecule has 0 radical (unpaired) electrons. The molecule has 0 bridgehead atoms. The fraction of sp³-hybridized carbons (Fsp3) is 0.833. The first-order valence-electron chi connectivity index (χ1n) is 8.77. The van der Waals surface area contributed by atoms with E-state index in [0.29, 0.717) is 0 Å². The van der Waals surface area contributed by atoms with Crippen LogP contribution in [0.3, 0.4) is 0 Å². The van der Waals surface area contributed by atoms with E-state index < -0.39 is 0 Å². The monoisotopic (exact) mass is 308 g/mol. The van der Waals surface area contributed by atoms with Gasteiger partial charge in [0.05, 0.1) is 5.51 Å². The number of hydrogen-bond acceptors (Lipinski definition) is 3. The molecule has 1 heterocycles. The van der Waals surface area contributed by atoms with E-state index in [1.165, 1.54) is 49.9 Å². The van der Waals surface area contributed by atoms with Gasteiger partial charge in [0.1, 0.15) is 0 Å². The highest BCUT2D eigenvalue weighted by Gasteiger charge is 2.30. The predicted molar refractivity (Wildman–Crippen MR) is 92.8 cm³/mol. The second-order valence-electron chi connectivity index (χ2n) is 7.21. The van der Waals surface area contributed by atoms with Crippen LogP contribution in [0.1, 0.15) is 57.8 Å². The molecule has 1 aliphatic carbocycles. The van der Waals surface area contributed by atoms with E-state index in [4.69, 9.17) is 0 Å². The van der Waals surface area contributed by atoms with Crippen LogP contribution in [-0.2, 0) is 6.42 Å². The fourth-order valence-corrected chi connectivity index (χ4v) is 4.46. The lowest BCUT2D eigenvalue weighted by atomic mass is 9.71. The van der Waals surface area contributed by atoms with E-state index in [-0.39, 0.29) is 0 Å². The van der Waals surface area contributed by atoms with E-state index in [9.17, 15) is 0 Å². The van der Waals surface area contributed by atoms with Gasteiger partial charge < -0.3 is 5.32 Å². The van der Waals surface area contributed by atoms with Gasteiger partial charge in [-0.15, -0.1) is 11.3 Å². The number of hydrogen-bond donors (Lipinski definition) is 1. The number of rotatable bonds is 8. The van der Waals surface area contributed by atoms with Gasteiger partial charge in [0.15, 0.2) is 0 Å². The molecule has 3 unspecified atom stereocenters. The normalized spacial score (nSPS) is 26.4. The lowest BCUT2D eigenvalue weighted by Crippen LogP contribution is -2.35. The first kappa shape index (κ1) is 17.0.